The molecule has 2 amide bonds. The van der Waals surface area contributed by atoms with Gasteiger partial charge in [0.1, 0.15) is 0 Å². The lowest BCUT2D eigenvalue weighted by Crippen LogP contribution is -2.37. The zero-order valence-electron chi connectivity index (χ0n) is 13.6. The largest absolute Gasteiger partial charge is 0.338 e. The molecule has 0 aliphatic carbocycles. The van der Waals surface area contributed by atoms with E-state index in [0.717, 1.165) is 13.1 Å². The number of nitrogens with one attached hydrogen (secondary N) is 1. The Kier molecular flexibility index (Phi) is 6.40. The van der Waals surface area contributed by atoms with Crippen LogP contribution in [0.3, 0.4) is 0 Å². The number of carbonyl (C=O) groups excluding carboxylic acids is 2. The number of nitrogens with zero attached hydrogens (tertiary/aromatic N) is 1. The summed E-state index contributed by atoms with van der Waals surface area (Å²) in [6.45, 7) is 11.4. The summed E-state index contributed by atoms with van der Waals surface area (Å²) in [5.41, 5.74) is 1.27. The lowest BCUT2D eigenvalue weighted by atomic mass is 10.1. The zero-order chi connectivity index (χ0) is 16.0. The summed E-state index contributed by atoms with van der Waals surface area (Å²) in [4.78, 5) is 25.7. The lowest BCUT2D eigenvalue weighted by Gasteiger charge is -2.26. The molecule has 0 spiro atoms. The predicted molar refractivity (Wildman–Crippen MR) is 86.3 cm³/mol. The fourth-order valence-corrected chi connectivity index (χ4v) is 2.24. The Morgan fingerprint density at radius 2 is 1.67 bits per heavy atom. The summed E-state index contributed by atoms with van der Waals surface area (Å²) >= 11 is 0. The van der Waals surface area contributed by atoms with E-state index in [1.807, 2.05) is 4.90 Å². The average Bonchev–Trinajstić information content (AvgIpc) is 2.35. The molecule has 4 nitrogen and oxygen atoms in total. The van der Waals surface area contributed by atoms with Crippen molar-refractivity contribution in [2.75, 3.05) is 18.4 Å². The Morgan fingerprint density at radius 1 is 1.10 bits per heavy atom. The Bertz CT molecular complexity index is 485. The second-order valence-electron chi connectivity index (χ2n) is 6.26. The minimum atomic E-state index is -0.138. The van der Waals surface area contributed by atoms with Gasteiger partial charge in [-0.05, 0) is 30.0 Å². The van der Waals surface area contributed by atoms with Crippen molar-refractivity contribution in [3.05, 3.63) is 29.8 Å². The van der Waals surface area contributed by atoms with Crippen molar-refractivity contribution < 1.29 is 9.59 Å². The van der Waals surface area contributed by atoms with Crippen molar-refractivity contribution in [2.24, 2.45) is 11.8 Å². The van der Waals surface area contributed by atoms with Crippen molar-refractivity contribution in [2.45, 2.75) is 34.6 Å². The monoisotopic (exact) mass is 290 g/mol. The minimum absolute atomic E-state index is 0.0182. The Morgan fingerprint density at radius 3 is 2.14 bits per heavy atom. The van der Waals surface area contributed by atoms with Crippen molar-refractivity contribution in [1.82, 2.24) is 4.90 Å². The highest BCUT2D eigenvalue weighted by Crippen LogP contribution is 2.15. The molecule has 0 saturated heterocycles. The van der Waals surface area contributed by atoms with Gasteiger partial charge in [-0.15, -0.1) is 0 Å². The molecule has 1 aromatic carbocycles. The first-order valence-electron chi connectivity index (χ1n) is 7.46. The van der Waals surface area contributed by atoms with Crippen LogP contribution >= 0.6 is 0 Å². The van der Waals surface area contributed by atoms with E-state index in [9.17, 15) is 9.59 Å². The molecule has 0 fully saturated rings. The van der Waals surface area contributed by atoms with Gasteiger partial charge in [-0.1, -0.05) is 33.8 Å². The molecule has 21 heavy (non-hydrogen) atoms. The smallest absolute Gasteiger partial charge is 0.253 e. The maximum absolute atomic E-state index is 12.7. The topological polar surface area (TPSA) is 49.4 Å². The second kappa shape index (κ2) is 7.81. The highest BCUT2D eigenvalue weighted by atomic mass is 16.2. The Hall–Kier alpha value is -1.84. The van der Waals surface area contributed by atoms with Gasteiger partial charge < -0.3 is 10.2 Å². The van der Waals surface area contributed by atoms with Crippen LogP contribution in [0.15, 0.2) is 24.3 Å². The SMILES string of the molecule is CC(=O)Nc1cccc(C(=O)N(CC(C)C)CC(C)C)c1. The molecule has 0 aromatic heterocycles. The van der Waals surface area contributed by atoms with Gasteiger partial charge in [0.25, 0.3) is 5.91 Å². The third kappa shape index (κ3) is 5.98. The number of rotatable bonds is 6. The zero-order valence-corrected chi connectivity index (χ0v) is 13.6. The fraction of sp³-hybridized carbons (Fsp3) is 0.529. The van der Waals surface area contributed by atoms with Crippen molar-refractivity contribution in [3.63, 3.8) is 0 Å². The summed E-state index contributed by atoms with van der Waals surface area (Å²) in [7, 11) is 0. The molecule has 0 aliphatic heterocycles. The van der Waals surface area contributed by atoms with E-state index in [4.69, 9.17) is 0 Å². The maximum atomic E-state index is 12.7. The van der Waals surface area contributed by atoms with Crippen molar-refractivity contribution >= 4 is 17.5 Å². The quantitative estimate of drug-likeness (QED) is 0.873. The van der Waals surface area contributed by atoms with Gasteiger partial charge in [0.15, 0.2) is 0 Å². The van der Waals surface area contributed by atoms with Gasteiger partial charge in [0.05, 0.1) is 0 Å². The molecule has 4 heteroatoms. The Labute approximate surface area is 127 Å². The third-order valence-corrected chi connectivity index (χ3v) is 2.89. The number of benzene rings is 1. The Balaban J connectivity index is 2.94. The van der Waals surface area contributed by atoms with Crippen LogP contribution in [0.5, 0.6) is 0 Å². The third-order valence-electron chi connectivity index (χ3n) is 2.89. The molecule has 0 bridgehead atoms. The van der Waals surface area contributed by atoms with Crippen LogP contribution in [0.1, 0.15) is 45.0 Å². The van der Waals surface area contributed by atoms with Gasteiger partial charge in [0.2, 0.25) is 5.91 Å². The predicted octanol–water partition coefficient (Wildman–Crippen LogP) is 3.40. The van der Waals surface area contributed by atoms with Gasteiger partial charge in [0, 0.05) is 31.3 Å². The highest BCUT2D eigenvalue weighted by Gasteiger charge is 2.18. The molecule has 1 N–H and O–H groups in total. The van der Waals surface area contributed by atoms with Crippen LogP contribution in [-0.2, 0) is 4.79 Å². The molecule has 116 valence electrons. The van der Waals surface area contributed by atoms with Gasteiger partial charge in [-0.25, -0.2) is 0 Å². The standard InChI is InChI=1S/C17H26N2O2/c1-12(2)10-19(11-13(3)4)17(21)15-7-6-8-16(9-15)18-14(5)20/h6-9,12-13H,10-11H2,1-5H3,(H,18,20). The van der Waals surface area contributed by atoms with Gasteiger partial charge in [-0.3, -0.25) is 9.59 Å². The normalized spacial score (nSPS) is 10.8. The molecule has 1 rings (SSSR count). The minimum Gasteiger partial charge on any atom is -0.338 e. The number of hydrogen-bond acceptors (Lipinski definition) is 2. The summed E-state index contributed by atoms with van der Waals surface area (Å²) in [5, 5.41) is 2.71. The molecule has 0 heterocycles. The van der Waals surface area contributed by atoms with Crippen LogP contribution < -0.4 is 5.32 Å². The van der Waals surface area contributed by atoms with E-state index in [1.165, 1.54) is 6.92 Å². The first kappa shape index (κ1) is 17.2. The van der Waals surface area contributed by atoms with Gasteiger partial charge in [-0.2, -0.15) is 0 Å². The number of carbonyl (C=O) groups is 2. The highest BCUT2D eigenvalue weighted by molar-refractivity contribution is 5.96. The first-order valence-corrected chi connectivity index (χ1v) is 7.46. The van der Waals surface area contributed by atoms with Crippen LogP contribution in [0, 0.1) is 11.8 Å². The summed E-state index contributed by atoms with van der Waals surface area (Å²) in [6, 6.07) is 7.10. The number of anilines is 1. The van der Waals surface area contributed by atoms with E-state index in [1.54, 1.807) is 24.3 Å². The lowest BCUT2D eigenvalue weighted by molar-refractivity contribution is -0.114. The molecule has 0 unspecified atom stereocenters. The number of hydrogen-bond donors (Lipinski definition) is 1. The summed E-state index contributed by atoms with van der Waals surface area (Å²) in [6.07, 6.45) is 0. The maximum Gasteiger partial charge on any atom is 0.253 e. The molecule has 0 atom stereocenters. The average molecular weight is 290 g/mol. The van der Waals surface area contributed by atoms with E-state index in [2.05, 4.69) is 33.0 Å². The van der Waals surface area contributed by atoms with Gasteiger partial charge >= 0.3 is 0 Å². The molecule has 0 saturated carbocycles. The van der Waals surface area contributed by atoms with Crippen LogP contribution in [-0.4, -0.2) is 29.8 Å². The van der Waals surface area contributed by atoms with Crippen LogP contribution in [0.25, 0.3) is 0 Å². The number of amides is 2. The molecule has 0 radical (unpaired) electrons. The molecular weight excluding hydrogens is 264 g/mol. The summed E-state index contributed by atoms with van der Waals surface area (Å²) in [5.74, 6) is 0.725. The first-order chi connectivity index (χ1) is 9.79. The van der Waals surface area contributed by atoms with E-state index in [-0.39, 0.29) is 11.8 Å². The van der Waals surface area contributed by atoms with E-state index < -0.39 is 0 Å². The van der Waals surface area contributed by atoms with E-state index >= 15 is 0 Å². The fourth-order valence-electron chi connectivity index (χ4n) is 2.24. The summed E-state index contributed by atoms with van der Waals surface area (Å²) < 4.78 is 0. The molecule has 0 aliphatic rings. The van der Waals surface area contributed by atoms with Crippen molar-refractivity contribution in [1.29, 1.82) is 0 Å². The molecule has 1 aromatic rings. The van der Waals surface area contributed by atoms with Crippen LogP contribution in [0.2, 0.25) is 0 Å². The van der Waals surface area contributed by atoms with E-state index in [0.29, 0.717) is 23.1 Å². The van der Waals surface area contributed by atoms with Crippen molar-refractivity contribution in [3.8, 4) is 0 Å². The van der Waals surface area contributed by atoms with Crippen LogP contribution in [0.4, 0.5) is 5.69 Å². The molecular formula is C17H26N2O2. The second-order valence-corrected chi connectivity index (χ2v) is 6.26.